The van der Waals surface area contributed by atoms with Gasteiger partial charge in [0, 0.05) is 23.4 Å². The van der Waals surface area contributed by atoms with Crippen LogP contribution in [0, 0.1) is 4.77 Å². The number of carbonyl (C=O) groups excluding carboxylic acids is 2. The van der Waals surface area contributed by atoms with Crippen LogP contribution in [-0.2, 0) is 11.2 Å². The van der Waals surface area contributed by atoms with E-state index in [1.54, 1.807) is 0 Å². The van der Waals surface area contributed by atoms with Crippen LogP contribution in [0.3, 0.4) is 0 Å². The zero-order chi connectivity index (χ0) is 20.4. The molecule has 1 atom stereocenters. The largest absolute Gasteiger partial charge is 0.359 e. The Labute approximate surface area is 177 Å². The van der Waals surface area contributed by atoms with Gasteiger partial charge in [-0.3, -0.25) is 9.59 Å². The molecular formula is C21H19ClN4O2S. The Morgan fingerprint density at radius 1 is 1.21 bits per heavy atom. The van der Waals surface area contributed by atoms with E-state index in [1.165, 1.54) is 4.57 Å². The van der Waals surface area contributed by atoms with E-state index in [2.05, 4.69) is 15.6 Å². The van der Waals surface area contributed by atoms with Crippen molar-refractivity contribution in [2.45, 2.75) is 25.3 Å². The minimum atomic E-state index is -0.501. The molecule has 0 saturated heterocycles. The second-order valence-corrected chi connectivity index (χ2v) is 7.63. The fourth-order valence-electron chi connectivity index (χ4n) is 3.47. The molecule has 8 heteroatoms. The summed E-state index contributed by atoms with van der Waals surface area (Å²) in [6.07, 6.45) is 1.27. The lowest BCUT2D eigenvalue weighted by atomic mass is 10.1. The van der Waals surface area contributed by atoms with Gasteiger partial charge in [-0.15, -0.1) is 0 Å². The Morgan fingerprint density at radius 3 is 2.79 bits per heavy atom. The molecule has 1 aliphatic heterocycles. The van der Waals surface area contributed by atoms with E-state index in [9.17, 15) is 9.59 Å². The molecule has 0 aliphatic carbocycles. The van der Waals surface area contributed by atoms with Gasteiger partial charge in [0.1, 0.15) is 11.9 Å². The average molecular weight is 427 g/mol. The maximum absolute atomic E-state index is 12.8. The van der Waals surface area contributed by atoms with E-state index < -0.39 is 6.04 Å². The first-order chi connectivity index (χ1) is 14.0. The maximum Gasteiger partial charge on any atom is 0.257 e. The second kappa shape index (κ2) is 8.31. The van der Waals surface area contributed by atoms with Crippen LogP contribution in [-0.4, -0.2) is 34.0 Å². The van der Waals surface area contributed by atoms with Crippen molar-refractivity contribution < 1.29 is 9.59 Å². The highest BCUT2D eigenvalue weighted by Gasteiger charge is 2.31. The highest BCUT2D eigenvalue weighted by atomic mass is 35.5. The molecule has 0 radical (unpaired) electrons. The van der Waals surface area contributed by atoms with Gasteiger partial charge >= 0.3 is 0 Å². The van der Waals surface area contributed by atoms with E-state index in [-0.39, 0.29) is 23.0 Å². The third-order valence-corrected chi connectivity index (χ3v) is 5.60. The summed E-state index contributed by atoms with van der Waals surface area (Å²) in [6, 6.07) is 14.6. The number of anilines is 1. The van der Waals surface area contributed by atoms with Crippen LogP contribution in [0.2, 0.25) is 5.02 Å². The summed E-state index contributed by atoms with van der Waals surface area (Å²) in [5, 5.41) is 7.63. The van der Waals surface area contributed by atoms with E-state index in [0.717, 1.165) is 16.5 Å². The van der Waals surface area contributed by atoms with Gasteiger partial charge in [0.2, 0.25) is 10.7 Å². The molecular weight excluding hydrogens is 408 g/mol. The van der Waals surface area contributed by atoms with Crippen LogP contribution in [0.5, 0.6) is 0 Å². The van der Waals surface area contributed by atoms with Crippen molar-refractivity contribution >= 4 is 52.4 Å². The molecule has 3 aromatic rings. The SMILES string of the molecule is O=C(CCC1Nc2c3ccccc3nc(=S)n2C1=O)NCCc1ccccc1Cl. The average Bonchev–Trinajstić information content (AvgIpc) is 3.05. The van der Waals surface area contributed by atoms with Crippen molar-refractivity contribution in [1.29, 1.82) is 0 Å². The zero-order valence-electron chi connectivity index (χ0n) is 15.5. The third-order valence-electron chi connectivity index (χ3n) is 4.95. The molecule has 29 heavy (non-hydrogen) atoms. The van der Waals surface area contributed by atoms with E-state index >= 15 is 0 Å². The smallest absolute Gasteiger partial charge is 0.257 e. The topological polar surface area (TPSA) is 76.0 Å². The normalized spacial score (nSPS) is 15.2. The molecule has 0 saturated carbocycles. The first kappa shape index (κ1) is 19.5. The molecule has 0 bridgehead atoms. The van der Waals surface area contributed by atoms with Gasteiger partial charge in [0.05, 0.1) is 5.52 Å². The lowest BCUT2D eigenvalue weighted by molar-refractivity contribution is -0.121. The molecule has 148 valence electrons. The third kappa shape index (κ3) is 4.02. The van der Waals surface area contributed by atoms with Gasteiger partial charge in [-0.05, 0) is 48.8 Å². The number of hydrogen-bond donors (Lipinski definition) is 2. The molecule has 0 spiro atoms. The first-order valence-electron chi connectivity index (χ1n) is 9.37. The fraction of sp³-hybridized carbons (Fsp3) is 0.238. The number of nitrogens with one attached hydrogen (secondary N) is 2. The van der Waals surface area contributed by atoms with Crippen molar-refractivity contribution in [2.75, 3.05) is 11.9 Å². The summed E-state index contributed by atoms with van der Waals surface area (Å²) in [5.41, 5.74) is 1.73. The molecule has 2 aromatic carbocycles. The van der Waals surface area contributed by atoms with Crippen LogP contribution >= 0.6 is 23.8 Å². The first-order valence-corrected chi connectivity index (χ1v) is 10.2. The maximum atomic E-state index is 12.8. The van der Waals surface area contributed by atoms with Crippen molar-refractivity contribution in [3.8, 4) is 0 Å². The van der Waals surface area contributed by atoms with Gasteiger partial charge in [-0.25, -0.2) is 9.55 Å². The van der Waals surface area contributed by atoms with E-state index in [4.69, 9.17) is 23.8 Å². The summed E-state index contributed by atoms with van der Waals surface area (Å²) < 4.78 is 1.65. The lowest BCUT2D eigenvalue weighted by Gasteiger charge is -2.10. The number of para-hydroxylation sites is 1. The van der Waals surface area contributed by atoms with Crippen molar-refractivity contribution in [3.05, 3.63) is 63.9 Å². The molecule has 1 amide bonds. The number of aromatic nitrogens is 2. The van der Waals surface area contributed by atoms with Crippen LogP contribution < -0.4 is 10.6 Å². The van der Waals surface area contributed by atoms with Crippen molar-refractivity contribution in [2.24, 2.45) is 0 Å². The Bertz CT molecular complexity index is 1160. The number of amides is 1. The Hall–Kier alpha value is -2.77. The van der Waals surface area contributed by atoms with E-state index in [1.807, 2.05) is 48.5 Å². The van der Waals surface area contributed by atoms with Crippen LogP contribution in [0.1, 0.15) is 23.2 Å². The number of hydrogen-bond acceptors (Lipinski definition) is 5. The van der Waals surface area contributed by atoms with Crippen LogP contribution in [0.15, 0.2) is 48.5 Å². The highest BCUT2D eigenvalue weighted by molar-refractivity contribution is 7.71. The quantitative estimate of drug-likeness (QED) is 0.583. The monoisotopic (exact) mass is 426 g/mol. The lowest BCUT2D eigenvalue weighted by Crippen LogP contribution is -2.30. The molecule has 1 unspecified atom stereocenters. The minimum absolute atomic E-state index is 0.103. The number of carbonyl (C=O) groups is 2. The number of halogens is 1. The van der Waals surface area contributed by atoms with E-state index in [0.29, 0.717) is 30.2 Å². The number of benzene rings is 2. The summed E-state index contributed by atoms with van der Waals surface area (Å²) in [7, 11) is 0. The van der Waals surface area contributed by atoms with Gasteiger partial charge < -0.3 is 10.6 Å². The molecule has 0 fully saturated rings. The fourth-order valence-corrected chi connectivity index (χ4v) is 3.98. The predicted octanol–water partition coefficient (Wildman–Crippen LogP) is 3.99. The second-order valence-electron chi connectivity index (χ2n) is 6.86. The number of nitrogens with zero attached hydrogens (tertiary/aromatic N) is 2. The summed E-state index contributed by atoms with van der Waals surface area (Å²) in [5.74, 6) is 0.371. The van der Waals surface area contributed by atoms with Gasteiger partial charge in [0.25, 0.3) is 5.91 Å². The molecule has 1 aromatic heterocycles. The van der Waals surface area contributed by atoms with Crippen molar-refractivity contribution in [3.63, 3.8) is 0 Å². The molecule has 2 N–H and O–H groups in total. The minimum Gasteiger partial charge on any atom is -0.359 e. The molecule has 4 rings (SSSR count). The van der Waals surface area contributed by atoms with Crippen LogP contribution in [0.25, 0.3) is 10.9 Å². The van der Waals surface area contributed by atoms with Crippen LogP contribution in [0.4, 0.5) is 5.82 Å². The van der Waals surface area contributed by atoms with Gasteiger partial charge in [-0.1, -0.05) is 41.9 Å². The summed E-state index contributed by atoms with van der Waals surface area (Å²) in [6.45, 7) is 0.494. The zero-order valence-corrected chi connectivity index (χ0v) is 17.1. The number of rotatable bonds is 6. The van der Waals surface area contributed by atoms with Gasteiger partial charge in [-0.2, -0.15) is 0 Å². The summed E-state index contributed by atoms with van der Waals surface area (Å²) in [4.78, 5) is 29.3. The molecule has 2 heterocycles. The standard InChI is InChI=1S/C21H19ClN4O2S/c22-15-7-3-1-5-13(15)11-12-23-18(27)10-9-17-20(28)26-19(24-17)14-6-2-4-8-16(14)25-21(26)29/h1-8,17,24H,9-12H2,(H,23,27). The highest BCUT2D eigenvalue weighted by Crippen LogP contribution is 2.29. The van der Waals surface area contributed by atoms with Gasteiger partial charge in [0.15, 0.2) is 0 Å². The Kier molecular flexibility index (Phi) is 5.60. The Balaban J connectivity index is 1.36. The molecule has 1 aliphatic rings. The Morgan fingerprint density at radius 2 is 1.97 bits per heavy atom. The van der Waals surface area contributed by atoms with Crippen molar-refractivity contribution in [1.82, 2.24) is 14.9 Å². The number of fused-ring (bicyclic) bond motifs is 3. The predicted molar refractivity (Wildman–Crippen MR) is 116 cm³/mol. The molecule has 6 nitrogen and oxygen atoms in total. The summed E-state index contributed by atoms with van der Waals surface area (Å²) >= 11 is 11.4.